The second kappa shape index (κ2) is 8.89. The topological polar surface area (TPSA) is 75.6 Å². The van der Waals surface area contributed by atoms with Crippen LogP contribution in [0.25, 0.3) is 0 Å². The third-order valence-electron chi connectivity index (χ3n) is 3.43. The van der Waals surface area contributed by atoms with E-state index in [1.165, 1.54) is 6.07 Å². The minimum Gasteiger partial charge on any atom is -0.459 e. The van der Waals surface area contributed by atoms with Gasteiger partial charge in [0.25, 0.3) is 0 Å². The molecule has 1 atom stereocenters. The van der Waals surface area contributed by atoms with Crippen molar-refractivity contribution in [1.29, 1.82) is 0 Å². The van der Waals surface area contributed by atoms with Crippen molar-refractivity contribution in [1.82, 2.24) is 5.32 Å². The van der Waals surface area contributed by atoms with Crippen LogP contribution in [-0.2, 0) is 27.4 Å². The molecule has 1 amide bonds. The predicted molar refractivity (Wildman–Crippen MR) is 85.3 cm³/mol. The number of aliphatic hydroxyl groups is 1. The fourth-order valence-electron chi connectivity index (χ4n) is 2.12. The number of nitrogens with one attached hydrogen (secondary N) is 1. The fraction of sp³-hybridized carbons (Fsp3) is 0.222. The molecule has 0 fully saturated rings. The highest BCUT2D eigenvalue weighted by atomic mass is 19.1. The van der Waals surface area contributed by atoms with Crippen LogP contribution in [0.15, 0.2) is 48.5 Å². The third kappa shape index (κ3) is 5.36. The summed E-state index contributed by atoms with van der Waals surface area (Å²) in [5.74, 6) is -3.36. The van der Waals surface area contributed by atoms with Gasteiger partial charge < -0.3 is 15.2 Å². The number of hydrogen-bond acceptors (Lipinski definition) is 4. The van der Waals surface area contributed by atoms with E-state index in [9.17, 15) is 23.5 Å². The van der Waals surface area contributed by atoms with Crippen molar-refractivity contribution in [3.63, 3.8) is 0 Å². The van der Waals surface area contributed by atoms with Gasteiger partial charge in [0.2, 0.25) is 5.91 Å². The molecule has 0 saturated heterocycles. The summed E-state index contributed by atoms with van der Waals surface area (Å²) in [7, 11) is 0. The van der Waals surface area contributed by atoms with Crippen molar-refractivity contribution in [2.24, 2.45) is 0 Å². The molecule has 0 aliphatic carbocycles. The van der Waals surface area contributed by atoms with Gasteiger partial charge in [-0.15, -0.1) is 0 Å². The van der Waals surface area contributed by atoms with Crippen LogP contribution in [0.3, 0.4) is 0 Å². The highest BCUT2D eigenvalue weighted by molar-refractivity contribution is 5.85. The summed E-state index contributed by atoms with van der Waals surface area (Å²) in [6.07, 6.45) is -0.596. The second-order valence-corrected chi connectivity index (χ2v) is 5.27. The number of esters is 1. The van der Waals surface area contributed by atoms with Gasteiger partial charge >= 0.3 is 5.97 Å². The maximum Gasteiger partial charge on any atom is 0.331 e. The Hall–Kier alpha value is -2.80. The third-order valence-corrected chi connectivity index (χ3v) is 3.43. The number of amides is 1. The molecule has 0 heterocycles. The summed E-state index contributed by atoms with van der Waals surface area (Å²) in [5, 5.41) is 11.5. The SMILES string of the molecule is O=C(Cc1c(F)cccc1F)N[C@@H](CO)C(=O)OCc1ccccc1. The van der Waals surface area contributed by atoms with E-state index in [0.717, 1.165) is 17.7 Å². The van der Waals surface area contributed by atoms with Gasteiger partial charge in [-0.3, -0.25) is 4.79 Å². The molecule has 0 radical (unpaired) electrons. The van der Waals surface area contributed by atoms with Gasteiger partial charge in [0.05, 0.1) is 13.0 Å². The van der Waals surface area contributed by atoms with E-state index in [1.54, 1.807) is 24.3 Å². The zero-order chi connectivity index (χ0) is 18.2. The largest absolute Gasteiger partial charge is 0.459 e. The van der Waals surface area contributed by atoms with E-state index in [4.69, 9.17) is 4.74 Å². The van der Waals surface area contributed by atoms with Crippen LogP contribution < -0.4 is 5.32 Å². The quantitative estimate of drug-likeness (QED) is 0.747. The van der Waals surface area contributed by atoms with Crippen LogP contribution in [0.5, 0.6) is 0 Å². The highest BCUT2D eigenvalue weighted by Crippen LogP contribution is 2.12. The van der Waals surface area contributed by atoms with Crippen molar-refractivity contribution in [3.05, 3.63) is 71.3 Å². The van der Waals surface area contributed by atoms with E-state index < -0.39 is 48.1 Å². The molecule has 0 aromatic heterocycles. The Morgan fingerprint density at radius 1 is 1.04 bits per heavy atom. The second-order valence-electron chi connectivity index (χ2n) is 5.27. The maximum absolute atomic E-state index is 13.5. The van der Waals surface area contributed by atoms with Gasteiger partial charge in [-0.2, -0.15) is 0 Å². The molecule has 25 heavy (non-hydrogen) atoms. The number of carbonyl (C=O) groups excluding carboxylic acids is 2. The molecule has 2 rings (SSSR count). The van der Waals surface area contributed by atoms with E-state index in [0.29, 0.717) is 0 Å². The van der Waals surface area contributed by atoms with Crippen molar-refractivity contribution in [2.45, 2.75) is 19.1 Å². The number of hydrogen-bond donors (Lipinski definition) is 2. The molecule has 2 aromatic carbocycles. The van der Waals surface area contributed by atoms with Gasteiger partial charge in [-0.05, 0) is 17.7 Å². The number of benzene rings is 2. The first-order valence-electron chi connectivity index (χ1n) is 7.55. The van der Waals surface area contributed by atoms with Crippen LogP contribution in [0.4, 0.5) is 8.78 Å². The lowest BCUT2D eigenvalue weighted by Crippen LogP contribution is -2.45. The predicted octanol–water partition coefficient (Wildman–Crippen LogP) is 1.73. The van der Waals surface area contributed by atoms with Crippen molar-refractivity contribution >= 4 is 11.9 Å². The van der Waals surface area contributed by atoms with E-state index in [1.807, 2.05) is 6.07 Å². The summed E-state index contributed by atoms with van der Waals surface area (Å²) in [6, 6.07) is 10.8. The molecule has 5 nitrogen and oxygen atoms in total. The Labute approximate surface area is 143 Å². The minimum atomic E-state index is -1.31. The zero-order valence-corrected chi connectivity index (χ0v) is 13.2. The molecular formula is C18H17F2NO4. The average Bonchev–Trinajstić information content (AvgIpc) is 2.61. The molecule has 0 saturated carbocycles. The molecule has 2 aromatic rings. The first-order valence-corrected chi connectivity index (χ1v) is 7.55. The lowest BCUT2D eigenvalue weighted by Gasteiger charge is -2.16. The maximum atomic E-state index is 13.5. The Kier molecular flexibility index (Phi) is 6.59. The van der Waals surface area contributed by atoms with Crippen LogP contribution >= 0.6 is 0 Å². The number of rotatable bonds is 7. The summed E-state index contributed by atoms with van der Waals surface area (Å²) in [5.41, 5.74) is 0.335. The fourth-order valence-corrected chi connectivity index (χ4v) is 2.12. The van der Waals surface area contributed by atoms with Crippen molar-refractivity contribution < 1.29 is 28.2 Å². The Morgan fingerprint density at radius 3 is 2.28 bits per heavy atom. The van der Waals surface area contributed by atoms with Crippen molar-refractivity contribution in [2.75, 3.05) is 6.61 Å². The molecule has 132 valence electrons. The summed E-state index contributed by atoms with van der Waals surface area (Å²) in [4.78, 5) is 23.8. The van der Waals surface area contributed by atoms with Gasteiger partial charge in [0.1, 0.15) is 18.2 Å². The Morgan fingerprint density at radius 2 is 1.68 bits per heavy atom. The molecule has 7 heteroatoms. The summed E-state index contributed by atoms with van der Waals surface area (Å²) >= 11 is 0. The number of carbonyl (C=O) groups is 2. The first kappa shape index (κ1) is 18.5. The van der Waals surface area contributed by atoms with Gasteiger partial charge in [0.15, 0.2) is 6.04 Å². The highest BCUT2D eigenvalue weighted by Gasteiger charge is 2.23. The average molecular weight is 349 g/mol. The van der Waals surface area contributed by atoms with Crippen LogP contribution in [0.1, 0.15) is 11.1 Å². The van der Waals surface area contributed by atoms with Crippen LogP contribution in [-0.4, -0.2) is 29.6 Å². The smallest absolute Gasteiger partial charge is 0.331 e. The number of aliphatic hydroxyl groups excluding tert-OH is 1. The Balaban J connectivity index is 1.91. The van der Waals surface area contributed by atoms with E-state index in [-0.39, 0.29) is 6.61 Å². The number of halogens is 2. The molecule has 0 unspecified atom stereocenters. The van der Waals surface area contributed by atoms with Crippen molar-refractivity contribution in [3.8, 4) is 0 Å². The van der Waals surface area contributed by atoms with Gasteiger partial charge in [-0.25, -0.2) is 13.6 Å². The van der Waals surface area contributed by atoms with E-state index >= 15 is 0 Å². The molecule has 0 spiro atoms. The molecule has 0 aliphatic rings. The zero-order valence-electron chi connectivity index (χ0n) is 13.2. The van der Waals surface area contributed by atoms with Gasteiger partial charge in [-0.1, -0.05) is 36.4 Å². The lowest BCUT2D eigenvalue weighted by atomic mass is 10.1. The molecule has 0 aliphatic heterocycles. The van der Waals surface area contributed by atoms with E-state index in [2.05, 4.69) is 5.32 Å². The first-order chi connectivity index (χ1) is 12.0. The minimum absolute atomic E-state index is 0.0199. The standard InChI is InChI=1S/C18H17F2NO4/c19-14-7-4-8-15(20)13(14)9-17(23)21-16(10-22)18(24)25-11-12-5-2-1-3-6-12/h1-8,16,22H,9-11H2,(H,21,23)/t16-/m0/s1. The van der Waals surface area contributed by atoms with Crippen LogP contribution in [0.2, 0.25) is 0 Å². The normalized spacial score (nSPS) is 11.6. The lowest BCUT2D eigenvalue weighted by molar-refractivity contribution is -0.150. The summed E-state index contributed by atoms with van der Waals surface area (Å²) < 4.78 is 32.1. The van der Waals surface area contributed by atoms with Gasteiger partial charge in [0, 0.05) is 5.56 Å². The monoisotopic (exact) mass is 349 g/mol. The number of ether oxygens (including phenoxy) is 1. The molecular weight excluding hydrogens is 332 g/mol. The molecule has 2 N–H and O–H groups in total. The van der Waals surface area contributed by atoms with Crippen LogP contribution in [0, 0.1) is 11.6 Å². The summed E-state index contributed by atoms with van der Waals surface area (Å²) in [6.45, 7) is -0.715. The Bertz CT molecular complexity index is 717. The molecule has 0 bridgehead atoms.